The predicted octanol–water partition coefficient (Wildman–Crippen LogP) is 0.602. The van der Waals surface area contributed by atoms with Crippen molar-refractivity contribution in [1.29, 1.82) is 0 Å². The first-order valence-corrected chi connectivity index (χ1v) is 7.87. The summed E-state index contributed by atoms with van der Waals surface area (Å²) in [6.07, 6.45) is 0.310. The van der Waals surface area contributed by atoms with E-state index in [1.807, 2.05) is 0 Å². The number of aryl methyl sites for hydroxylation is 1. The molecule has 1 heterocycles. The van der Waals surface area contributed by atoms with Crippen LogP contribution in [-0.2, 0) is 14.8 Å². The fourth-order valence-electron chi connectivity index (χ4n) is 2.42. The van der Waals surface area contributed by atoms with E-state index in [4.69, 9.17) is 11.5 Å². The topological polar surface area (TPSA) is 106 Å². The number of halogens is 1. The molecule has 1 aromatic rings. The van der Waals surface area contributed by atoms with Crippen LogP contribution in [0.2, 0.25) is 0 Å². The molecule has 0 saturated carbocycles. The molecule has 1 aliphatic heterocycles. The Balaban J connectivity index is 2.43. The zero-order chi connectivity index (χ0) is 16.0. The number of benzene rings is 1. The van der Waals surface area contributed by atoms with E-state index in [-0.39, 0.29) is 24.3 Å². The number of nitrogen functional groups attached to an aromatic ring is 1. The summed E-state index contributed by atoms with van der Waals surface area (Å²) in [6.45, 7) is 3.11. The molecule has 0 radical (unpaired) electrons. The molecule has 21 heavy (non-hydrogen) atoms. The Morgan fingerprint density at radius 3 is 2.57 bits per heavy atom. The van der Waals surface area contributed by atoms with Crippen LogP contribution in [0.5, 0.6) is 0 Å². The minimum atomic E-state index is -4.05. The highest BCUT2D eigenvalue weighted by Gasteiger charge is 2.44. The summed E-state index contributed by atoms with van der Waals surface area (Å²) in [5.41, 5.74) is 10.3. The number of sulfonamides is 1. The summed E-state index contributed by atoms with van der Waals surface area (Å²) in [7, 11) is -4.05. The highest BCUT2D eigenvalue weighted by Crippen LogP contribution is 2.34. The number of nitrogens with two attached hydrogens (primary N) is 2. The lowest BCUT2D eigenvalue weighted by Crippen LogP contribution is -2.38. The summed E-state index contributed by atoms with van der Waals surface area (Å²) < 4.78 is 40.3. The molecule has 0 aromatic heterocycles. The standard InChI is InChI=1S/C13H18FN3O3S/c1-8-5-9(15)6-10(11(8)14)21(19,20)17-4-3-13(2,7-17)12(16)18/h5-6H,3-4,7,15H2,1-2H3,(H2,16,18). The minimum Gasteiger partial charge on any atom is -0.399 e. The maximum Gasteiger partial charge on any atom is 0.246 e. The van der Waals surface area contributed by atoms with Crippen molar-refractivity contribution in [1.82, 2.24) is 4.31 Å². The SMILES string of the molecule is Cc1cc(N)cc(S(=O)(=O)N2CCC(C)(C(N)=O)C2)c1F. The maximum atomic E-state index is 14.1. The van der Waals surface area contributed by atoms with Crippen LogP contribution < -0.4 is 11.5 Å². The molecule has 2 rings (SSSR count). The first-order chi connectivity index (χ1) is 9.58. The first-order valence-electron chi connectivity index (χ1n) is 6.43. The largest absolute Gasteiger partial charge is 0.399 e. The van der Waals surface area contributed by atoms with Gasteiger partial charge in [-0.05, 0) is 38.0 Å². The third-order valence-corrected chi connectivity index (χ3v) is 5.74. The van der Waals surface area contributed by atoms with E-state index in [2.05, 4.69) is 0 Å². The maximum absolute atomic E-state index is 14.1. The molecular formula is C13H18FN3O3S. The lowest BCUT2D eigenvalue weighted by Gasteiger charge is -2.21. The van der Waals surface area contributed by atoms with Crippen molar-refractivity contribution in [3.05, 3.63) is 23.5 Å². The number of carbonyl (C=O) groups is 1. The monoisotopic (exact) mass is 315 g/mol. The molecule has 0 aliphatic carbocycles. The Morgan fingerprint density at radius 1 is 1.43 bits per heavy atom. The Bertz CT molecular complexity index is 705. The van der Waals surface area contributed by atoms with Crippen LogP contribution in [0.25, 0.3) is 0 Å². The second-order valence-electron chi connectivity index (χ2n) is 5.66. The summed E-state index contributed by atoms with van der Waals surface area (Å²) >= 11 is 0. The smallest absolute Gasteiger partial charge is 0.246 e. The summed E-state index contributed by atoms with van der Waals surface area (Å²) in [5.74, 6) is -1.39. The van der Waals surface area contributed by atoms with Crippen molar-refractivity contribution < 1.29 is 17.6 Å². The van der Waals surface area contributed by atoms with Crippen LogP contribution in [0.4, 0.5) is 10.1 Å². The van der Waals surface area contributed by atoms with Crippen molar-refractivity contribution in [3.8, 4) is 0 Å². The second-order valence-corrected chi connectivity index (χ2v) is 7.57. The van der Waals surface area contributed by atoms with Crippen molar-refractivity contribution in [2.75, 3.05) is 18.8 Å². The number of hydrogen-bond donors (Lipinski definition) is 2. The average molecular weight is 315 g/mol. The lowest BCUT2D eigenvalue weighted by atomic mass is 9.89. The highest BCUT2D eigenvalue weighted by molar-refractivity contribution is 7.89. The van der Waals surface area contributed by atoms with Gasteiger partial charge in [0.1, 0.15) is 10.7 Å². The second kappa shape index (κ2) is 4.96. The van der Waals surface area contributed by atoms with Gasteiger partial charge in [-0.3, -0.25) is 4.79 Å². The van der Waals surface area contributed by atoms with Gasteiger partial charge in [0, 0.05) is 18.8 Å². The van der Waals surface area contributed by atoms with Crippen molar-refractivity contribution >= 4 is 21.6 Å². The number of primary amides is 1. The van der Waals surface area contributed by atoms with Gasteiger partial charge < -0.3 is 11.5 Å². The molecular weight excluding hydrogens is 297 g/mol. The molecule has 1 unspecified atom stereocenters. The van der Waals surface area contributed by atoms with Crippen LogP contribution in [0, 0.1) is 18.2 Å². The quantitative estimate of drug-likeness (QED) is 0.797. The van der Waals surface area contributed by atoms with Gasteiger partial charge in [0.15, 0.2) is 0 Å². The van der Waals surface area contributed by atoms with Gasteiger partial charge in [-0.15, -0.1) is 0 Å². The normalized spacial score (nSPS) is 23.4. The van der Waals surface area contributed by atoms with Gasteiger partial charge >= 0.3 is 0 Å². The number of hydrogen-bond acceptors (Lipinski definition) is 4. The summed E-state index contributed by atoms with van der Waals surface area (Å²) in [6, 6.07) is 2.46. The predicted molar refractivity (Wildman–Crippen MR) is 76.2 cm³/mol. The van der Waals surface area contributed by atoms with Gasteiger partial charge in [0.2, 0.25) is 15.9 Å². The summed E-state index contributed by atoms with van der Waals surface area (Å²) in [4.78, 5) is 11.0. The molecule has 1 saturated heterocycles. The average Bonchev–Trinajstić information content (AvgIpc) is 2.78. The van der Waals surface area contributed by atoms with Crippen molar-refractivity contribution in [3.63, 3.8) is 0 Å². The van der Waals surface area contributed by atoms with Crippen molar-refractivity contribution in [2.45, 2.75) is 25.2 Å². The molecule has 1 atom stereocenters. The van der Waals surface area contributed by atoms with E-state index in [0.717, 1.165) is 10.4 Å². The lowest BCUT2D eigenvalue weighted by molar-refractivity contribution is -0.126. The van der Waals surface area contributed by atoms with Crippen LogP contribution in [0.3, 0.4) is 0 Å². The Hall–Kier alpha value is -1.67. The van der Waals surface area contributed by atoms with Crippen LogP contribution in [0.15, 0.2) is 17.0 Å². The number of rotatable bonds is 3. The number of anilines is 1. The molecule has 1 aromatic carbocycles. The minimum absolute atomic E-state index is 0.0576. The highest BCUT2D eigenvalue weighted by atomic mass is 32.2. The Morgan fingerprint density at radius 2 is 2.05 bits per heavy atom. The zero-order valence-corrected chi connectivity index (χ0v) is 12.7. The van der Waals surface area contributed by atoms with Gasteiger partial charge in [-0.25, -0.2) is 12.8 Å². The molecule has 0 spiro atoms. The molecule has 1 aliphatic rings. The zero-order valence-electron chi connectivity index (χ0n) is 11.9. The molecule has 0 bridgehead atoms. The molecule has 1 amide bonds. The van der Waals surface area contributed by atoms with Gasteiger partial charge in [-0.2, -0.15) is 4.31 Å². The van der Waals surface area contributed by atoms with E-state index < -0.39 is 32.1 Å². The number of nitrogens with zero attached hydrogens (tertiary/aromatic N) is 1. The van der Waals surface area contributed by atoms with Crippen molar-refractivity contribution in [2.24, 2.45) is 11.1 Å². The van der Waals surface area contributed by atoms with E-state index in [1.54, 1.807) is 6.92 Å². The fourth-order valence-corrected chi connectivity index (χ4v) is 4.15. The van der Waals surface area contributed by atoms with Crippen LogP contribution in [0.1, 0.15) is 18.9 Å². The molecule has 1 fully saturated rings. The molecule has 116 valence electrons. The van der Waals surface area contributed by atoms with E-state index in [9.17, 15) is 17.6 Å². The number of carbonyl (C=O) groups excluding carboxylic acids is 1. The van der Waals surface area contributed by atoms with Gasteiger partial charge in [-0.1, -0.05) is 0 Å². The third-order valence-electron chi connectivity index (χ3n) is 3.89. The molecule has 4 N–H and O–H groups in total. The molecule has 8 heteroatoms. The first kappa shape index (κ1) is 15.7. The third kappa shape index (κ3) is 2.60. The van der Waals surface area contributed by atoms with E-state index in [1.165, 1.54) is 13.0 Å². The van der Waals surface area contributed by atoms with E-state index in [0.29, 0.717) is 6.42 Å². The van der Waals surface area contributed by atoms with Gasteiger partial charge in [0.05, 0.1) is 5.41 Å². The van der Waals surface area contributed by atoms with Crippen LogP contribution in [-0.4, -0.2) is 31.7 Å². The Labute approximate surface area is 123 Å². The van der Waals surface area contributed by atoms with Gasteiger partial charge in [0.25, 0.3) is 0 Å². The number of amides is 1. The molecule has 6 nitrogen and oxygen atoms in total. The summed E-state index contributed by atoms with van der Waals surface area (Å²) in [5, 5.41) is 0. The Kier molecular flexibility index (Phi) is 3.71. The fraction of sp³-hybridized carbons (Fsp3) is 0.462. The van der Waals surface area contributed by atoms with E-state index >= 15 is 0 Å². The van der Waals surface area contributed by atoms with Crippen LogP contribution >= 0.6 is 0 Å².